The highest BCUT2D eigenvalue weighted by atomic mass is 16.5. The summed E-state index contributed by atoms with van der Waals surface area (Å²) in [5.74, 6) is 0.734. The molecule has 1 aliphatic rings. The Balaban J connectivity index is 1.56. The van der Waals surface area contributed by atoms with Gasteiger partial charge in [-0.2, -0.15) is 0 Å². The van der Waals surface area contributed by atoms with Crippen LogP contribution >= 0.6 is 0 Å². The highest BCUT2D eigenvalue weighted by molar-refractivity contribution is 6.05. The minimum Gasteiger partial charge on any atom is -0.495 e. The number of benzene rings is 2. The Morgan fingerprint density at radius 1 is 1.06 bits per heavy atom. The highest BCUT2D eigenvalue weighted by Gasteiger charge is 2.23. The van der Waals surface area contributed by atoms with Crippen molar-refractivity contribution in [3.8, 4) is 17.2 Å². The number of rotatable bonds is 5. The zero-order valence-corrected chi connectivity index (χ0v) is 18.4. The molecule has 0 bridgehead atoms. The second kappa shape index (κ2) is 9.23. The summed E-state index contributed by atoms with van der Waals surface area (Å²) in [6.07, 6.45) is 0. The summed E-state index contributed by atoms with van der Waals surface area (Å²) in [6, 6.07) is 14.4. The molecule has 0 spiro atoms. The maximum Gasteiger partial charge on any atom is 0.278 e. The highest BCUT2D eigenvalue weighted by Crippen LogP contribution is 2.28. The smallest absolute Gasteiger partial charge is 0.278 e. The molecule has 166 valence electrons. The van der Waals surface area contributed by atoms with Crippen LogP contribution in [-0.4, -0.2) is 66.9 Å². The van der Waals surface area contributed by atoms with Crippen LogP contribution in [0.25, 0.3) is 11.5 Å². The molecule has 2 aromatic carbocycles. The van der Waals surface area contributed by atoms with Crippen LogP contribution in [0.2, 0.25) is 0 Å². The number of hydrogen-bond acceptors (Lipinski definition) is 6. The van der Waals surface area contributed by atoms with Gasteiger partial charge in [0.1, 0.15) is 11.5 Å². The molecule has 32 heavy (non-hydrogen) atoms. The first kappa shape index (κ1) is 21.6. The average molecular weight is 434 g/mol. The van der Waals surface area contributed by atoms with Crippen molar-refractivity contribution in [2.45, 2.75) is 6.92 Å². The molecule has 1 fully saturated rings. The van der Waals surface area contributed by atoms with E-state index >= 15 is 0 Å². The van der Waals surface area contributed by atoms with Crippen molar-refractivity contribution in [3.05, 3.63) is 65.5 Å². The fraction of sp³-hybridized carbons (Fsp3) is 0.292. The largest absolute Gasteiger partial charge is 0.495 e. The van der Waals surface area contributed by atoms with Gasteiger partial charge in [-0.3, -0.25) is 9.59 Å². The number of anilines is 1. The van der Waals surface area contributed by atoms with Crippen LogP contribution in [0.3, 0.4) is 0 Å². The van der Waals surface area contributed by atoms with E-state index in [1.54, 1.807) is 25.1 Å². The molecule has 0 radical (unpaired) electrons. The van der Waals surface area contributed by atoms with Crippen molar-refractivity contribution in [3.63, 3.8) is 0 Å². The van der Waals surface area contributed by atoms with E-state index in [-0.39, 0.29) is 11.6 Å². The zero-order chi connectivity index (χ0) is 22.7. The summed E-state index contributed by atoms with van der Waals surface area (Å²) in [4.78, 5) is 34.3. The lowest BCUT2D eigenvalue weighted by Crippen LogP contribution is -2.47. The van der Waals surface area contributed by atoms with E-state index in [0.29, 0.717) is 41.7 Å². The van der Waals surface area contributed by atoms with Crippen LogP contribution in [-0.2, 0) is 0 Å². The number of nitrogens with zero attached hydrogens (tertiary/aromatic N) is 3. The van der Waals surface area contributed by atoms with Crippen LogP contribution in [0.5, 0.6) is 5.75 Å². The number of oxazole rings is 1. The number of methoxy groups -OCH3 is 1. The standard InChI is InChI=1S/C24H26N4O4/c1-16-21(26-23(32-16)17-7-5-4-6-8-17)22(29)25-19-15-18(9-10-20(19)31-3)24(30)28-13-11-27(2)12-14-28/h4-10,15H,11-14H2,1-3H3,(H,25,29). The predicted octanol–water partition coefficient (Wildman–Crippen LogP) is 3.30. The van der Waals surface area contributed by atoms with Gasteiger partial charge in [0.25, 0.3) is 11.8 Å². The maximum atomic E-state index is 13.0. The molecular formula is C24H26N4O4. The van der Waals surface area contributed by atoms with E-state index in [0.717, 1.165) is 18.7 Å². The van der Waals surface area contributed by atoms with E-state index in [9.17, 15) is 9.59 Å². The molecule has 0 atom stereocenters. The SMILES string of the molecule is COc1ccc(C(=O)N2CCN(C)CC2)cc1NC(=O)c1nc(-c2ccccc2)oc1C. The number of carbonyl (C=O) groups excluding carboxylic acids is 2. The number of aryl methyl sites for hydroxylation is 1. The topological polar surface area (TPSA) is 87.9 Å². The van der Waals surface area contributed by atoms with Crippen molar-refractivity contribution in [2.75, 3.05) is 45.7 Å². The van der Waals surface area contributed by atoms with Crippen LogP contribution < -0.4 is 10.1 Å². The first-order valence-electron chi connectivity index (χ1n) is 10.5. The summed E-state index contributed by atoms with van der Waals surface area (Å²) in [5, 5.41) is 2.82. The second-order valence-electron chi connectivity index (χ2n) is 7.75. The number of aromatic nitrogens is 1. The average Bonchev–Trinajstić information content (AvgIpc) is 3.21. The third-order valence-electron chi connectivity index (χ3n) is 5.52. The van der Waals surface area contributed by atoms with Crippen LogP contribution in [0.15, 0.2) is 52.9 Å². The molecule has 8 heteroatoms. The maximum absolute atomic E-state index is 13.0. The molecular weight excluding hydrogens is 408 g/mol. The molecule has 1 N–H and O–H groups in total. The summed E-state index contributed by atoms with van der Waals surface area (Å²) in [6.45, 7) is 4.70. The quantitative estimate of drug-likeness (QED) is 0.663. The number of likely N-dealkylation sites (N-methyl/N-ethyl adjacent to an activating group) is 1. The molecule has 2 heterocycles. The van der Waals surface area contributed by atoms with Crippen LogP contribution in [0.4, 0.5) is 5.69 Å². The van der Waals surface area contributed by atoms with Crippen molar-refractivity contribution < 1.29 is 18.7 Å². The Morgan fingerprint density at radius 2 is 1.78 bits per heavy atom. The fourth-order valence-electron chi connectivity index (χ4n) is 3.62. The molecule has 8 nitrogen and oxygen atoms in total. The summed E-state index contributed by atoms with van der Waals surface area (Å²) in [5.41, 5.74) is 1.86. The predicted molar refractivity (Wildman–Crippen MR) is 121 cm³/mol. The van der Waals surface area contributed by atoms with Gasteiger partial charge in [0.2, 0.25) is 5.89 Å². The summed E-state index contributed by atoms with van der Waals surface area (Å²) in [7, 11) is 3.56. The first-order valence-corrected chi connectivity index (χ1v) is 10.5. The normalized spacial score (nSPS) is 14.3. The van der Waals surface area contributed by atoms with E-state index in [1.165, 1.54) is 7.11 Å². The monoisotopic (exact) mass is 434 g/mol. The minimum atomic E-state index is -0.434. The van der Waals surface area contributed by atoms with Gasteiger partial charge < -0.3 is 24.3 Å². The number of amides is 2. The third kappa shape index (κ3) is 4.50. The molecule has 1 saturated heterocycles. The van der Waals surface area contributed by atoms with Gasteiger partial charge in [0, 0.05) is 37.3 Å². The Bertz CT molecular complexity index is 1120. The molecule has 3 aromatic rings. The molecule has 2 amide bonds. The lowest BCUT2D eigenvalue weighted by molar-refractivity contribution is 0.0664. The number of carbonyl (C=O) groups is 2. The number of ether oxygens (including phenoxy) is 1. The van der Waals surface area contributed by atoms with Gasteiger partial charge >= 0.3 is 0 Å². The van der Waals surface area contributed by atoms with Gasteiger partial charge in [-0.1, -0.05) is 18.2 Å². The summed E-state index contributed by atoms with van der Waals surface area (Å²) < 4.78 is 11.1. The van der Waals surface area contributed by atoms with Gasteiger partial charge in [-0.25, -0.2) is 4.98 Å². The minimum absolute atomic E-state index is 0.0692. The Morgan fingerprint density at radius 3 is 2.47 bits per heavy atom. The molecule has 1 aromatic heterocycles. The molecule has 0 unspecified atom stereocenters. The Hall–Kier alpha value is -3.65. The van der Waals surface area contributed by atoms with E-state index in [4.69, 9.17) is 9.15 Å². The summed E-state index contributed by atoms with van der Waals surface area (Å²) >= 11 is 0. The molecule has 0 aliphatic carbocycles. The second-order valence-corrected chi connectivity index (χ2v) is 7.75. The van der Waals surface area contributed by atoms with E-state index < -0.39 is 5.91 Å². The number of piperazine rings is 1. The van der Waals surface area contributed by atoms with Gasteiger partial charge in [0.15, 0.2) is 5.69 Å². The molecule has 4 rings (SSSR count). The molecule has 1 aliphatic heterocycles. The first-order chi connectivity index (χ1) is 15.5. The van der Waals surface area contributed by atoms with Gasteiger partial charge in [0.05, 0.1) is 12.8 Å². The van der Waals surface area contributed by atoms with Crippen molar-refractivity contribution in [1.29, 1.82) is 0 Å². The molecule has 0 saturated carbocycles. The van der Waals surface area contributed by atoms with Crippen molar-refractivity contribution in [1.82, 2.24) is 14.8 Å². The lowest BCUT2D eigenvalue weighted by atomic mass is 10.1. The van der Waals surface area contributed by atoms with Crippen molar-refractivity contribution >= 4 is 17.5 Å². The Labute approximate surface area is 186 Å². The van der Waals surface area contributed by atoms with Gasteiger partial charge in [-0.05, 0) is 44.3 Å². The fourth-order valence-corrected chi connectivity index (χ4v) is 3.62. The number of hydrogen-bond donors (Lipinski definition) is 1. The van der Waals surface area contributed by atoms with Crippen LogP contribution in [0, 0.1) is 6.92 Å². The van der Waals surface area contributed by atoms with Gasteiger partial charge in [-0.15, -0.1) is 0 Å². The lowest BCUT2D eigenvalue weighted by Gasteiger charge is -2.32. The Kier molecular flexibility index (Phi) is 6.23. The number of nitrogens with one attached hydrogen (secondary N) is 1. The van der Waals surface area contributed by atoms with Crippen molar-refractivity contribution in [2.24, 2.45) is 0 Å². The van der Waals surface area contributed by atoms with E-state index in [1.807, 2.05) is 42.3 Å². The third-order valence-corrected chi connectivity index (χ3v) is 5.52. The van der Waals surface area contributed by atoms with Crippen LogP contribution in [0.1, 0.15) is 26.6 Å². The zero-order valence-electron chi connectivity index (χ0n) is 18.4. The van der Waals surface area contributed by atoms with E-state index in [2.05, 4.69) is 15.2 Å².